The predicted molar refractivity (Wildman–Crippen MR) is 131 cm³/mol. The molecule has 2 aromatic carbocycles. The highest BCUT2D eigenvalue weighted by atomic mass is 19.1. The summed E-state index contributed by atoms with van der Waals surface area (Å²) in [7, 11) is 0. The van der Waals surface area contributed by atoms with E-state index in [4.69, 9.17) is 5.26 Å². The molecule has 4 rings (SSSR count). The second-order valence-corrected chi connectivity index (χ2v) is 10.2. The molecule has 36 heavy (non-hydrogen) atoms. The fourth-order valence-electron chi connectivity index (χ4n) is 4.43. The number of Topliss-reactive ketones (excluding diaryl/α,β-unsaturated/α-hetero) is 1. The van der Waals surface area contributed by atoms with Crippen LogP contribution in [0.15, 0.2) is 42.5 Å². The van der Waals surface area contributed by atoms with Gasteiger partial charge in [-0.25, -0.2) is 4.39 Å². The molecule has 1 aliphatic rings. The zero-order valence-electron chi connectivity index (χ0n) is 20.5. The Kier molecular flexibility index (Phi) is 6.88. The van der Waals surface area contributed by atoms with Crippen LogP contribution in [-0.4, -0.2) is 39.5 Å². The van der Waals surface area contributed by atoms with E-state index in [1.807, 2.05) is 20.8 Å². The number of aromatic nitrogens is 2. The van der Waals surface area contributed by atoms with Gasteiger partial charge in [-0.05, 0) is 35.6 Å². The van der Waals surface area contributed by atoms with E-state index in [1.54, 1.807) is 30.3 Å². The van der Waals surface area contributed by atoms with Crippen molar-refractivity contribution < 1.29 is 18.8 Å². The second-order valence-electron chi connectivity index (χ2n) is 10.2. The molecule has 1 heterocycles. The SMILES string of the molecule is CC(C)(C)[C@H](NC(=O)c1nn(Cc2ccc(C#N)cc2)c2c(F)cccc12)C(=O)N[C@@H]1CCC(=O)C1. The zero-order valence-corrected chi connectivity index (χ0v) is 20.5. The maximum atomic E-state index is 14.9. The lowest BCUT2D eigenvalue weighted by Gasteiger charge is -2.31. The van der Waals surface area contributed by atoms with Crippen LogP contribution in [0.5, 0.6) is 0 Å². The third-order valence-electron chi connectivity index (χ3n) is 6.35. The van der Waals surface area contributed by atoms with E-state index in [2.05, 4.69) is 21.8 Å². The Balaban J connectivity index is 1.62. The van der Waals surface area contributed by atoms with Crippen LogP contribution in [-0.2, 0) is 16.1 Å². The quantitative estimate of drug-likeness (QED) is 0.550. The number of para-hydroxylation sites is 1. The van der Waals surface area contributed by atoms with Gasteiger partial charge in [0.2, 0.25) is 5.91 Å². The van der Waals surface area contributed by atoms with E-state index in [0.717, 1.165) is 5.56 Å². The Morgan fingerprint density at radius 3 is 2.56 bits per heavy atom. The number of carbonyl (C=O) groups excluding carboxylic acids is 3. The molecule has 0 bridgehead atoms. The van der Waals surface area contributed by atoms with Crippen molar-refractivity contribution in [2.75, 3.05) is 0 Å². The first-order valence-electron chi connectivity index (χ1n) is 11.8. The summed E-state index contributed by atoms with van der Waals surface area (Å²) >= 11 is 0. The minimum atomic E-state index is -0.895. The number of amides is 2. The van der Waals surface area contributed by atoms with E-state index >= 15 is 0 Å². The molecule has 1 aliphatic carbocycles. The molecule has 8 nitrogen and oxygen atoms in total. The first-order valence-corrected chi connectivity index (χ1v) is 11.8. The summed E-state index contributed by atoms with van der Waals surface area (Å²) in [4.78, 5) is 38.1. The average molecular weight is 490 g/mol. The van der Waals surface area contributed by atoms with Gasteiger partial charge in [0.25, 0.3) is 5.91 Å². The lowest BCUT2D eigenvalue weighted by atomic mass is 9.85. The van der Waals surface area contributed by atoms with E-state index < -0.39 is 23.2 Å². The van der Waals surface area contributed by atoms with Crippen molar-refractivity contribution in [1.29, 1.82) is 5.26 Å². The number of benzene rings is 2. The van der Waals surface area contributed by atoms with Crippen LogP contribution in [0.3, 0.4) is 0 Å². The summed E-state index contributed by atoms with van der Waals surface area (Å²) in [5.41, 5.74) is 0.842. The summed E-state index contributed by atoms with van der Waals surface area (Å²) in [5, 5.41) is 19.4. The number of ketones is 1. The Hall–Kier alpha value is -4.06. The highest BCUT2D eigenvalue weighted by Gasteiger charge is 2.36. The van der Waals surface area contributed by atoms with Crippen LogP contribution in [0.1, 0.15) is 61.6 Å². The van der Waals surface area contributed by atoms with Gasteiger partial charge in [-0.3, -0.25) is 19.1 Å². The summed E-state index contributed by atoms with van der Waals surface area (Å²) in [6.45, 7) is 5.69. The van der Waals surface area contributed by atoms with Gasteiger partial charge in [-0.1, -0.05) is 45.0 Å². The number of nitrogens with one attached hydrogen (secondary N) is 2. The highest BCUT2D eigenvalue weighted by Crippen LogP contribution is 2.25. The van der Waals surface area contributed by atoms with Gasteiger partial charge in [0.15, 0.2) is 5.69 Å². The molecule has 1 fully saturated rings. The third kappa shape index (κ3) is 5.28. The Bertz CT molecular complexity index is 1370. The molecule has 0 spiro atoms. The molecular weight excluding hydrogens is 461 g/mol. The van der Waals surface area contributed by atoms with Crippen LogP contribution in [0, 0.1) is 22.6 Å². The molecule has 186 valence electrons. The van der Waals surface area contributed by atoms with Crippen LogP contribution in [0.2, 0.25) is 0 Å². The topological polar surface area (TPSA) is 117 Å². The predicted octanol–water partition coefficient (Wildman–Crippen LogP) is 3.48. The first-order chi connectivity index (χ1) is 17.1. The van der Waals surface area contributed by atoms with Crippen molar-refractivity contribution in [3.63, 3.8) is 0 Å². The fraction of sp³-hybridized carbons (Fsp3) is 0.370. The molecular formula is C27H28FN5O3. The zero-order chi connectivity index (χ0) is 26.0. The van der Waals surface area contributed by atoms with Crippen LogP contribution < -0.4 is 10.6 Å². The highest BCUT2D eigenvalue weighted by molar-refractivity contribution is 6.06. The third-order valence-corrected chi connectivity index (χ3v) is 6.35. The van der Waals surface area contributed by atoms with Gasteiger partial charge in [0.1, 0.15) is 23.2 Å². The smallest absolute Gasteiger partial charge is 0.273 e. The van der Waals surface area contributed by atoms with Gasteiger partial charge in [0, 0.05) is 24.3 Å². The Morgan fingerprint density at radius 2 is 1.94 bits per heavy atom. The number of rotatable bonds is 6. The van der Waals surface area contributed by atoms with Crippen molar-refractivity contribution in [2.45, 2.75) is 58.7 Å². The normalized spacial score (nSPS) is 16.5. The molecule has 0 radical (unpaired) electrons. The molecule has 0 saturated heterocycles. The molecule has 2 atom stereocenters. The summed E-state index contributed by atoms with van der Waals surface area (Å²) in [6, 6.07) is 12.2. The van der Waals surface area contributed by atoms with Crippen molar-refractivity contribution in [3.8, 4) is 6.07 Å². The summed E-state index contributed by atoms with van der Waals surface area (Å²) < 4.78 is 16.3. The number of carbonyl (C=O) groups is 3. The van der Waals surface area contributed by atoms with E-state index in [0.29, 0.717) is 30.2 Å². The minimum Gasteiger partial charge on any atom is -0.351 e. The van der Waals surface area contributed by atoms with Crippen molar-refractivity contribution in [2.24, 2.45) is 5.41 Å². The number of nitriles is 1. The molecule has 2 N–H and O–H groups in total. The molecule has 3 aromatic rings. The van der Waals surface area contributed by atoms with Gasteiger partial charge in [0.05, 0.1) is 18.2 Å². The number of hydrogen-bond donors (Lipinski definition) is 2. The van der Waals surface area contributed by atoms with Gasteiger partial charge in [-0.2, -0.15) is 10.4 Å². The van der Waals surface area contributed by atoms with Crippen molar-refractivity contribution in [3.05, 3.63) is 65.1 Å². The molecule has 9 heteroatoms. The molecule has 0 aliphatic heterocycles. The lowest BCUT2D eigenvalue weighted by Crippen LogP contribution is -2.55. The number of hydrogen-bond acceptors (Lipinski definition) is 5. The summed E-state index contributed by atoms with van der Waals surface area (Å²) in [5.74, 6) is -1.38. The van der Waals surface area contributed by atoms with Crippen LogP contribution >= 0.6 is 0 Å². The minimum absolute atomic E-state index is 0.0104. The van der Waals surface area contributed by atoms with Crippen molar-refractivity contribution in [1.82, 2.24) is 20.4 Å². The standard InChI is InChI=1S/C27H28FN5O3/c1-27(2,3)24(26(36)30-18-11-12-19(34)13-18)31-25(35)22-20-5-4-6-21(28)23(20)33(32-22)15-17-9-7-16(14-29)8-10-17/h4-10,18,24H,11-13,15H2,1-3H3,(H,30,36)(H,31,35)/t18-,24-/m1/s1. The summed E-state index contributed by atoms with van der Waals surface area (Å²) in [6.07, 6.45) is 1.31. The maximum Gasteiger partial charge on any atom is 0.273 e. The maximum absolute atomic E-state index is 14.9. The van der Waals surface area contributed by atoms with Crippen LogP contribution in [0.25, 0.3) is 10.9 Å². The Morgan fingerprint density at radius 1 is 1.22 bits per heavy atom. The van der Waals surface area contributed by atoms with Crippen LogP contribution in [0.4, 0.5) is 4.39 Å². The lowest BCUT2D eigenvalue weighted by molar-refractivity contribution is -0.126. The molecule has 1 saturated carbocycles. The average Bonchev–Trinajstić information content (AvgIpc) is 3.40. The molecule has 1 aromatic heterocycles. The van der Waals surface area contributed by atoms with Crippen molar-refractivity contribution >= 4 is 28.5 Å². The monoisotopic (exact) mass is 489 g/mol. The first kappa shape index (κ1) is 25.0. The number of nitrogens with zero attached hydrogens (tertiary/aromatic N) is 3. The fourth-order valence-corrected chi connectivity index (χ4v) is 4.43. The van der Waals surface area contributed by atoms with E-state index in [9.17, 15) is 18.8 Å². The van der Waals surface area contributed by atoms with E-state index in [1.165, 1.54) is 16.8 Å². The van der Waals surface area contributed by atoms with E-state index in [-0.39, 0.29) is 35.5 Å². The Labute approximate surface area is 208 Å². The van der Waals surface area contributed by atoms with Gasteiger partial charge < -0.3 is 10.6 Å². The number of halogens is 1. The molecule has 0 unspecified atom stereocenters. The largest absolute Gasteiger partial charge is 0.351 e. The molecule has 2 amide bonds. The second kappa shape index (κ2) is 9.90. The number of fused-ring (bicyclic) bond motifs is 1. The van der Waals surface area contributed by atoms with Gasteiger partial charge in [-0.15, -0.1) is 0 Å². The van der Waals surface area contributed by atoms with Gasteiger partial charge >= 0.3 is 0 Å².